The molecule has 0 atom stereocenters. The first-order valence-corrected chi connectivity index (χ1v) is 4.79. The molecule has 78 valence electrons. The lowest BCUT2D eigenvalue weighted by molar-refractivity contribution is -0.137. The van der Waals surface area contributed by atoms with E-state index >= 15 is 0 Å². The number of benzene rings is 1. The Labute approximate surface area is 92.2 Å². The number of hydrogen-bond acceptors (Lipinski definition) is 1. The van der Waals surface area contributed by atoms with Crippen LogP contribution in [-0.2, 0) is 12.7 Å². The lowest BCUT2D eigenvalue weighted by Gasteiger charge is -2.12. The molecule has 0 aromatic heterocycles. The van der Waals surface area contributed by atoms with Crippen LogP contribution >= 0.6 is 27.5 Å². The Bertz CT molecular complexity index is 351. The maximum Gasteiger partial charge on any atom is 0.417 e. The molecule has 0 amide bonds. The highest BCUT2D eigenvalue weighted by Gasteiger charge is 2.34. The Morgan fingerprint density at radius 3 is 2.36 bits per heavy atom. The summed E-state index contributed by atoms with van der Waals surface area (Å²) in [6, 6.07) is 2.21. The average Bonchev–Trinajstić information content (AvgIpc) is 2.02. The van der Waals surface area contributed by atoms with Gasteiger partial charge >= 0.3 is 6.18 Å². The van der Waals surface area contributed by atoms with Gasteiger partial charge in [0.2, 0.25) is 0 Å². The highest BCUT2D eigenvalue weighted by atomic mass is 79.9. The van der Waals surface area contributed by atoms with Crippen LogP contribution in [0, 0.1) is 0 Å². The lowest BCUT2D eigenvalue weighted by atomic mass is 10.1. The van der Waals surface area contributed by atoms with Gasteiger partial charge in [-0.1, -0.05) is 27.5 Å². The SMILES string of the molecule is NCc1c(Br)ccc(C(F)(F)F)c1Cl. The molecule has 1 rings (SSSR count). The molecule has 0 unspecified atom stereocenters. The van der Waals surface area contributed by atoms with Gasteiger partial charge in [-0.3, -0.25) is 0 Å². The number of hydrogen-bond donors (Lipinski definition) is 1. The maximum atomic E-state index is 12.4. The highest BCUT2D eigenvalue weighted by Crippen LogP contribution is 2.38. The van der Waals surface area contributed by atoms with Crippen LogP contribution in [0.2, 0.25) is 5.02 Å². The topological polar surface area (TPSA) is 26.0 Å². The molecule has 6 heteroatoms. The number of alkyl halides is 3. The summed E-state index contributed by atoms with van der Waals surface area (Å²) in [5, 5.41) is -0.339. The van der Waals surface area contributed by atoms with Gasteiger partial charge in [-0.25, -0.2) is 0 Å². The fraction of sp³-hybridized carbons (Fsp3) is 0.250. The Morgan fingerprint density at radius 1 is 1.36 bits per heavy atom. The van der Waals surface area contributed by atoms with E-state index in [0.717, 1.165) is 6.07 Å². The standard InChI is InChI=1S/C8H6BrClF3N/c9-6-2-1-5(8(11,12)13)7(10)4(6)3-14/h1-2H,3,14H2. The van der Waals surface area contributed by atoms with Crippen LogP contribution in [0.4, 0.5) is 13.2 Å². The molecule has 1 aromatic rings. The zero-order valence-corrected chi connectivity index (χ0v) is 9.17. The van der Waals surface area contributed by atoms with Crippen LogP contribution in [-0.4, -0.2) is 0 Å². The van der Waals surface area contributed by atoms with E-state index in [9.17, 15) is 13.2 Å². The van der Waals surface area contributed by atoms with Gasteiger partial charge < -0.3 is 5.73 Å². The summed E-state index contributed by atoms with van der Waals surface area (Å²) in [5.74, 6) is 0. The third kappa shape index (κ3) is 2.21. The Morgan fingerprint density at radius 2 is 1.93 bits per heavy atom. The van der Waals surface area contributed by atoms with Crippen molar-refractivity contribution in [1.29, 1.82) is 0 Å². The summed E-state index contributed by atoms with van der Waals surface area (Å²) in [7, 11) is 0. The van der Waals surface area contributed by atoms with Crippen molar-refractivity contribution in [2.24, 2.45) is 5.73 Å². The number of halogens is 5. The summed E-state index contributed by atoms with van der Waals surface area (Å²) < 4.78 is 37.6. The van der Waals surface area contributed by atoms with Crippen LogP contribution in [0.25, 0.3) is 0 Å². The van der Waals surface area contributed by atoms with Gasteiger partial charge in [0.05, 0.1) is 10.6 Å². The van der Waals surface area contributed by atoms with Crippen LogP contribution in [0.1, 0.15) is 11.1 Å². The van der Waals surface area contributed by atoms with E-state index in [1.807, 2.05) is 0 Å². The number of rotatable bonds is 1. The summed E-state index contributed by atoms with van der Waals surface area (Å²) >= 11 is 8.65. The van der Waals surface area contributed by atoms with Gasteiger partial charge in [0.1, 0.15) is 0 Å². The van der Waals surface area contributed by atoms with Crippen LogP contribution in [0.15, 0.2) is 16.6 Å². The molecule has 0 aliphatic rings. The fourth-order valence-corrected chi connectivity index (χ4v) is 1.96. The zero-order valence-electron chi connectivity index (χ0n) is 6.83. The molecule has 2 N–H and O–H groups in total. The first kappa shape index (κ1) is 11.8. The Balaban J connectivity index is 3.36. The first-order valence-electron chi connectivity index (χ1n) is 3.62. The fourth-order valence-electron chi connectivity index (χ4n) is 1.00. The van der Waals surface area contributed by atoms with Crippen molar-refractivity contribution < 1.29 is 13.2 Å². The predicted octanol–water partition coefficient (Wildman–Crippen LogP) is 3.58. The van der Waals surface area contributed by atoms with Crippen LogP contribution in [0.5, 0.6) is 0 Å². The average molecular weight is 288 g/mol. The molecule has 0 bridgehead atoms. The summed E-state index contributed by atoms with van der Waals surface area (Å²) in [5.41, 5.74) is 4.69. The van der Waals surface area contributed by atoms with E-state index in [2.05, 4.69) is 15.9 Å². The molecule has 0 aliphatic heterocycles. The minimum Gasteiger partial charge on any atom is -0.326 e. The highest BCUT2D eigenvalue weighted by molar-refractivity contribution is 9.10. The van der Waals surface area contributed by atoms with Gasteiger partial charge in [-0.2, -0.15) is 13.2 Å². The van der Waals surface area contributed by atoms with Crippen molar-refractivity contribution in [3.63, 3.8) is 0 Å². The van der Waals surface area contributed by atoms with Crippen LogP contribution < -0.4 is 5.73 Å². The Kier molecular flexibility index (Phi) is 3.44. The van der Waals surface area contributed by atoms with Gasteiger partial charge in [0, 0.05) is 11.0 Å². The molecule has 0 saturated heterocycles. The van der Waals surface area contributed by atoms with Gasteiger partial charge in [-0.15, -0.1) is 0 Å². The molecule has 0 radical (unpaired) electrons. The molecule has 0 fully saturated rings. The second kappa shape index (κ2) is 4.08. The minimum absolute atomic E-state index is 0.0384. The third-order valence-electron chi connectivity index (χ3n) is 1.70. The van der Waals surface area contributed by atoms with E-state index in [4.69, 9.17) is 17.3 Å². The van der Waals surface area contributed by atoms with Crippen molar-refractivity contribution >= 4 is 27.5 Å². The molecule has 0 saturated carbocycles. The van der Waals surface area contributed by atoms with Crippen LogP contribution in [0.3, 0.4) is 0 Å². The van der Waals surface area contributed by atoms with Crippen molar-refractivity contribution in [3.05, 3.63) is 32.8 Å². The van der Waals surface area contributed by atoms with E-state index < -0.39 is 11.7 Å². The monoisotopic (exact) mass is 287 g/mol. The molecule has 1 nitrogen and oxygen atoms in total. The number of nitrogens with two attached hydrogens (primary N) is 1. The normalized spacial score (nSPS) is 11.9. The van der Waals surface area contributed by atoms with Crippen molar-refractivity contribution in [2.75, 3.05) is 0 Å². The van der Waals surface area contributed by atoms with E-state index in [1.54, 1.807) is 0 Å². The molecule has 0 heterocycles. The largest absolute Gasteiger partial charge is 0.417 e. The van der Waals surface area contributed by atoms with Gasteiger partial charge in [0.15, 0.2) is 0 Å². The van der Waals surface area contributed by atoms with Gasteiger partial charge in [-0.05, 0) is 17.7 Å². The molecular weight excluding hydrogens is 282 g/mol. The smallest absolute Gasteiger partial charge is 0.326 e. The summed E-state index contributed by atoms with van der Waals surface area (Å²) in [6.07, 6.45) is -4.44. The van der Waals surface area contributed by atoms with Crippen molar-refractivity contribution in [3.8, 4) is 0 Å². The van der Waals surface area contributed by atoms with Crippen molar-refractivity contribution in [2.45, 2.75) is 12.7 Å². The first-order chi connectivity index (χ1) is 6.38. The predicted molar refractivity (Wildman–Crippen MR) is 52.0 cm³/mol. The molecule has 0 spiro atoms. The van der Waals surface area contributed by atoms with E-state index in [-0.39, 0.29) is 17.1 Å². The molecule has 14 heavy (non-hydrogen) atoms. The maximum absolute atomic E-state index is 12.4. The second-order valence-corrected chi connectivity index (χ2v) is 3.82. The molecular formula is C8H6BrClF3N. The minimum atomic E-state index is -4.44. The van der Waals surface area contributed by atoms with E-state index in [0.29, 0.717) is 4.47 Å². The third-order valence-corrected chi connectivity index (χ3v) is 2.87. The second-order valence-electron chi connectivity index (χ2n) is 2.59. The van der Waals surface area contributed by atoms with Crippen molar-refractivity contribution in [1.82, 2.24) is 0 Å². The molecule has 0 aliphatic carbocycles. The van der Waals surface area contributed by atoms with E-state index in [1.165, 1.54) is 6.07 Å². The summed E-state index contributed by atoms with van der Waals surface area (Å²) in [6.45, 7) is -0.0384. The van der Waals surface area contributed by atoms with Gasteiger partial charge in [0.25, 0.3) is 0 Å². The lowest BCUT2D eigenvalue weighted by Crippen LogP contribution is -2.09. The molecule has 1 aromatic carbocycles. The zero-order chi connectivity index (χ0) is 10.9. The quantitative estimate of drug-likeness (QED) is 0.840. The summed E-state index contributed by atoms with van der Waals surface area (Å²) in [4.78, 5) is 0. The Hall–Kier alpha value is -0.260.